The Kier molecular flexibility index (Phi) is 3.21. The first-order valence-corrected chi connectivity index (χ1v) is 7.57. The second kappa shape index (κ2) is 5.50. The Morgan fingerprint density at radius 2 is 1.86 bits per heavy atom. The highest BCUT2D eigenvalue weighted by Crippen LogP contribution is 2.21. The van der Waals surface area contributed by atoms with Gasteiger partial charge in [-0.1, -0.05) is 47.7 Å². The van der Waals surface area contributed by atoms with Crippen LogP contribution in [0.2, 0.25) is 0 Å². The first-order chi connectivity index (χ1) is 10.9. The molecular weight excluding hydrogens is 294 g/mol. The maximum atomic E-state index is 4.56. The van der Waals surface area contributed by atoms with Crippen molar-refractivity contribution in [2.45, 2.75) is 0 Å². The fourth-order valence-electron chi connectivity index (χ4n) is 2.11. The molecule has 1 aromatic carbocycles. The average molecular weight is 305 g/mol. The molecule has 0 aliphatic heterocycles. The standard InChI is InChI=1S/C16H11N5S/c1-2-5-12(6-3-1)8-9-14-20-21-15(18-19-16(21)22-14)13-7-4-10-17-11-13/h1-11H/b9-8+. The number of hydrogen-bond donors (Lipinski definition) is 0. The Morgan fingerprint density at radius 1 is 0.955 bits per heavy atom. The first kappa shape index (κ1) is 12.8. The van der Waals surface area contributed by atoms with Gasteiger partial charge in [-0.15, -0.1) is 10.2 Å². The lowest BCUT2D eigenvalue weighted by atomic mass is 10.2. The molecule has 0 bridgehead atoms. The van der Waals surface area contributed by atoms with Gasteiger partial charge in [-0.2, -0.15) is 9.61 Å². The quantitative estimate of drug-likeness (QED) is 0.582. The van der Waals surface area contributed by atoms with Gasteiger partial charge in [-0.25, -0.2) is 0 Å². The SMILES string of the molecule is C(=C\c1nn2c(-c3cccnc3)nnc2s1)/c1ccccc1. The van der Waals surface area contributed by atoms with Crippen LogP contribution in [0.5, 0.6) is 0 Å². The third-order valence-corrected chi connectivity index (χ3v) is 4.01. The Bertz CT molecular complexity index is 925. The van der Waals surface area contributed by atoms with Gasteiger partial charge in [0.25, 0.3) is 0 Å². The molecule has 0 spiro atoms. The first-order valence-electron chi connectivity index (χ1n) is 6.76. The molecule has 0 unspecified atom stereocenters. The molecule has 0 aliphatic carbocycles. The minimum absolute atomic E-state index is 0.707. The van der Waals surface area contributed by atoms with Crippen LogP contribution in [0, 0.1) is 0 Å². The Balaban J connectivity index is 1.70. The van der Waals surface area contributed by atoms with Crippen LogP contribution in [-0.4, -0.2) is 24.8 Å². The molecule has 3 heterocycles. The molecule has 0 radical (unpaired) electrons. The van der Waals surface area contributed by atoms with Crippen LogP contribution in [-0.2, 0) is 0 Å². The molecule has 22 heavy (non-hydrogen) atoms. The molecule has 106 valence electrons. The highest BCUT2D eigenvalue weighted by atomic mass is 32.1. The lowest BCUT2D eigenvalue weighted by Crippen LogP contribution is -1.90. The van der Waals surface area contributed by atoms with E-state index < -0.39 is 0 Å². The molecule has 0 saturated heterocycles. The van der Waals surface area contributed by atoms with E-state index >= 15 is 0 Å². The predicted molar refractivity (Wildman–Crippen MR) is 87.3 cm³/mol. The lowest BCUT2D eigenvalue weighted by molar-refractivity contribution is 0.958. The molecular formula is C16H11N5S. The Labute approximate surface area is 130 Å². The van der Waals surface area contributed by atoms with E-state index in [1.807, 2.05) is 42.5 Å². The van der Waals surface area contributed by atoms with Crippen molar-refractivity contribution in [2.75, 3.05) is 0 Å². The molecule has 5 nitrogen and oxygen atoms in total. The van der Waals surface area contributed by atoms with E-state index in [4.69, 9.17) is 0 Å². The monoisotopic (exact) mass is 305 g/mol. The second-order valence-electron chi connectivity index (χ2n) is 4.64. The molecule has 0 amide bonds. The highest BCUT2D eigenvalue weighted by molar-refractivity contribution is 7.17. The Morgan fingerprint density at radius 3 is 2.68 bits per heavy atom. The Hall–Kier alpha value is -2.86. The van der Waals surface area contributed by atoms with Gasteiger partial charge >= 0.3 is 0 Å². The topological polar surface area (TPSA) is 56.0 Å². The summed E-state index contributed by atoms with van der Waals surface area (Å²) in [6, 6.07) is 14.0. The summed E-state index contributed by atoms with van der Waals surface area (Å²) in [6.45, 7) is 0. The fraction of sp³-hybridized carbons (Fsp3) is 0. The zero-order valence-corrected chi connectivity index (χ0v) is 12.3. The zero-order chi connectivity index (χ0) is 14.8. The predicted octanol–water partition coefficient (Wildman–Crippen LogP) is 3.42. The van der Waals surface area contributed by atoms with Crippen molar-refractivity contribution in [3.8, 4) is 11.4 Å². The van der Waals surface area contributed by atoms with E-state index in [1.54, 1.807) is 16.9 Å². The van der Waals surface area contributed by atoms with E-state index in [9.17, 15) is 0 Å². The molecule has 4 aromatic rings. The largest absolute Gasteiger partial charge is 0.264 e. The van der Waals surface area contributed by atoms with Gasteiger partial charge in [-0.3, -0.25) is 4.98 Å². The number of aromatic nitrogens is 5. The molecule has 0 fully saturated rings. The van der Waals surface area contributed by atoms with Crippen molar-refractivity contribution in [3.05, 3.63) is 65.4 Å². The summed E-state index contributed by atoms with van der Waals surface area (Å²) in [4.78, 5) is 4.88. The van der Waals surface area contributed by atoms with Crippen LogP contribution < -0.4 is 0 Å². The summed E-state index contributed by atoms with van der Waals surface area (Å²) in [5, 5.41) is 13.8. The second-order valence-corrected chi connectivity index (χ2v) is 5.63. The summed E-state index contributed by atoms with van der Waals surface area (Å²) in [5.41, 5.74) is 2.04. The van der Waals surface area contributed by atoms with Gasteiger partial charge in [-0.05, 0) is 23.8 Å². The molecule has 0 N–H and O–H groups in total. The smallest absolute Gasteiger partial charge is 0.235 e. The van der Waals surface area contributed by atoms with Gasteiger partial charge in [0.15, 0.2) is 5.82 Å². The maximum absolute atomic E-state index is 4.56. The van der Waals surface area contributed by atoms with Crippen LogP contribution in [0.15, 0.2) is 54.9 Å². The summed E-state index contributed by atoms with van der Waals surface area (Å²) in [6.07, 6.45) is 7.52. The van der Waals surface area contributed by atoms with Crippen LogP contribution >= 0.6 is 11.3 Å². The van der Waals surface area contributed by atoms with Crippen molar-refractivity contribution in [1.29, 1.82) is 0 Å². The third-order valence-electron chi connectivity index (χ3n) is 3.14. The van der Waals surface area contributed by atoms with Crippen molar-refractivity contribution >= 4 is 28.4 Å². The van der Waals surface area contributed by atoms with Gasteiger partial charge < -0.3 is 0 Å². The van der Waals surface area contributed by atoms with E-state index in [1.165, 1.54) is 11.3 Å². The van der Waals surface area contributed by atoms with Crippen molar-refractivity contribution in [1.82, 2.24) is 24.8 Å². The molecule has 4 rings (SSSR count). The van der Waals surface area contributed by atoms with E-state index in [0.29, 0.717) is 5.82 Å². The number of rotatable bonds is 3. The fourth-order valence-corrected chi connectivity index (χ4v) is 2.85. The molecule has 0 saturated carbocycles. The molecule has 0 atom stereocenters. The van der Waals surface area contributed by atoms with Crippen molar-refractivity contribution in [3.63, 3.8) is 0 Å². The highest BCUT2D eigenvalue weighted by Gasteiger charge is 2.12. The van der Waals surface area contributed by atoms with Crippen LogP contribution in [0.4, 0.5) is 0 Å². The zero-order valence-electron chi connectivity index (χ0n) is 11.5. The third kappa shape index (κ3) is 2.40. The molecule has 3 aromatic heterocycles. The number of nitrogens with zero attached hydrogens (tertiary/aromatic N) is 5. The van der Waals surface area contributed by atoms with E-state index in [0.717, 1.165) is 21.1 Å². The van der Waals surface area contributed by atoms with Gasteiger partial charge in [0.1, 0.15) is 5.01 Å². The normalized spacial score (nSPS) is 11.5. The lowest BCUT2D eigenvalue weighted by Gasteiger charge is -1.94. The summed E-state index contributed by atoms with van der Waals surface area (Å²) < 4.78 is 1.76. The van der Waals surface area contributed by atoms with Gasteiger partial charge in [0.05, 0.1) is 0 Å². The summed E-state index contributed by atoms with van der Waals surface area (Å²) in [7, 11) is 0. The van der Waals surface area contributed by atoms with Gasteiger partial charge in [0, 0.05) is 18.0 Å². The van der Waals surface area contributed by atoms with Crippen molar-refractivity contribution < 1.29 is 0 Å². The minimum Gasteiger partial charge on any atom is -0.264 e. The molecule has 0 aliphatic rings. The van der Waals surface area contributed by atoms with Crippen molar-refractivity contribution in [2.24, 2.45) is 0 Å². The maximum Gasteiger partial charge on any atom is 0.235 e. The minimum atomic E-state index is 0.707. The van der Waals surface area contributed by atoms with Crippen LogP contribution in [0.3, 0.4) is 0 Å². The average Bonchev–Trinajstić information content (AvgIpc) is 3.15. The summed E-state index contributed by atoms with van der Waals surface area (Å²) in [5.74, 6) is 0.707. The number of hydrogen-bond acceptors (Lipinski definition) is 5. The number of fused-ring (bicyclic) bond motifs is 1. The van der Waals surface area contributed by atoms with Crippen LogP contribution in [0.25, 0.3) is 28.5 Å². The molecule has 6 heteroatoms. The number of benzene rings is 1. The van der Waals surface area contributed by atoms with Crippen LogP contribution in [0.1, 0.15) is 10.6 Å². The van der Waals surface area contributed by atoms with E-state index in [2.05, 4.69) is 32.4 Å². The number of pyridine rings is 1. The van der Waals surface area contributed by atoms with Gasteiger partial charge in [0.2, 0.25) is 4.96 Å². The summed E-state index contributed by atoms with van der Waals surface area (Å²) >= 11 is 1.50. The van der Waals surface area contributed by atoms with E-state index in [-0.39, 0.29) is 0 Å².